The van der Waals surface area contributed by atoms with E-state index >= 15 is 0 Å². The van der Waals surface area contributed by atoms with Crippen molar-refractivity contribution in [3.05, 3.63) is 28.2 Å². The summed E-state index contributed by atoms with van der Waals surface area (Å²) >= 11 is 3.35. The first kappa shape index (κ1) is 12.0. The van der Waals surface area contributed by atoms with Crippen LogP contribution in [-0.4, -0.2) is 19.6 Å². The topological polar surface area (TPSA) is 53.0 Å². The molecule has 0 radical (unpaired) electrons. The summed E-state index contributed by atoms with van der Waals surface area (Å²) in [4.78, 5) is 2.10. The van der Waals surface area contributed by atoms with Gasteiger partial charge in [-0.25, -0.2) is 0 Å². The third-order valence-electron chi connectivity index (χ3n) is 2.20. The van der Waals surface area contributed by atoms with Gasteiger partial charge in [0, 0.05) is 24.1 Å². The fraction of sp³-hybridized carbons (Fsp3) is 0.364. The van der Waals surface area contributed by atoms with Gasteiger partial charge < -0.3 is 10.6 Å². The molecule has 3 nitrogen and oxygen atoms in total. The molecule has 0 aromatic heterocycles. The molecule has 0 atom stereocenters. The molecular formula is C11H14BrN3. The van der Waals surface area contributed by atoms with Gasteiger partial charge >= 0.3 is 0 Å². The van der Waals surface area contributed by atoms with Crippen molar-refractivity contribution < 1.29 is 0 Å². The Kier molecular flexibility index (Phi) is 4.60. The zero-order valence-electron chi connectivity index (χ0n) is 8.70. The van der Waals surface area contributed by atoms with E-state index < -0.39 is 0 Å². The molecule has 1 aromatic rings. The summed E-state index contributed by atoms with van der Waals surface area (Å²) in [5, 5.41) is 9.03. The maximum atomic E-state index is 9.03. The van der Waals surface area contributed by atoms with Gasteiger partial charge in [-0.05, 0) is 25.1 Å². The van der Waals surface area contributed by atoms with Crippen LogP contribution < -0.4 is 10.6 Å². The fourth-order valence-electron chi connectivity index (χ4n) is 1.48. The average Bonchev–Trinajstić information content (AvgIpc) is 2.26. The Labute approximate surface area is 98.6 Å². The van der Waals surface area contributed by atoms with Crippen molar-refractivity contribution in [2.24, 2.45) is 5.73 Å². The molecule has 0 unspecified atom stereocenters. The molecule has 0 saturated heterocycles. The summed E-state index contributed by atoms with van der Waals surface area (Å²) in [6.07, 6.45) is 0. The Bertz CT molecular complexity index is 371. The maximum Gasteiger partial charge on any atom is 0.101 e. The van der Waals surface area contributed by atoms with Crippen molar-refractivity contribution in [2.45, 2.75) is 6.92 Å². The molecule has 4 heteroatoms. The first-order valence-electron chi connectivity index (χ1n) is 4.87. The van der Waals surface area contributed by atoms with Gasteiger partial charge in [0.1, 0.15) is 6.07 Å². The zero-order valence-corrected chi connectivity index (χ0v) is 10.3. The van der Waals surface area contributed by atoms with E-state index in [1.807, 2.05) is 18.2 Å². The second-order valence-electron chi connectivity index (χ2n) is 3.14. The van der Waals surface area contributed by atoms with Crippen LogP contribution in [0.1, 0.15) is 12.5 Å². The summed E-state index contributed by atoms with van der Waals surface area (Å²) in [5.41, 5.74) is 7.16. The standard InChI is InChI=1S/C11H14BrN3/c1-2-15(6-5-13)11-4-3-10(12)7-9(11)8-14/h3-4,7H,2,5-6,13H2,1H3. The molecule has 15 heavy (non-hydrogen) atoms. The second-order valence-corrected chi connectivity index (χ2v) is 4.06. The molecule has 0 saturated carbocycles. The minimum Gasteiger partial charge on any atom is -0.369 e. The van der Waals surface area contributed by atoms with Crippen LogP contribution in [0.2, 0.25) is 0 Å². The van der Waals surface area contributed by atoms with E-state index in [1.165, 1.54) is 0 Å². The van der Waals surface area contributed by atoms with E-state index in [-0.39, 0.29) is 0 Å². The van der Waals surface area contributed by atoms with Crippen molar-refractivity contribution in [3.63, 3.8) is 0 Å². The molecule has 0 aliphatic heterocycles. The normalized spacial score (nSPS) is 9.73. The Morgan fingerprint density at radius 2 is 2.27 bits per heavy atom. The lowest BCUT2D eigenvalue weighted by atomic mass is 10.1. The second kappa shape index (κ2) is 5.74. The molecule has 0 amide bonds. The Hall–Kier alpha value is -1.05. The van der Waals surface area contributed by atoms with Gasteiger partial charge in [0.25, 0.3) is 0 Å². The van der Waals surface area contributed by atoms with Gasteiger partial charge in [0.2, 0.25) is 0 Å². The van der Waals surface area contributed by atoms with Crippen LogP contribution in [0.3, 0.4) is 0 Å². The number of nitriles is 1. The molecule has 0 fully saturated rings. The van der Waals surface area contributed by atoms with E-state index in [1.54, 1.807) is 0 Å². The maximum absolute atomic E-state index is 9.03. The van der Waals surface area contributed by atoms with Crippen LogP contribution in [0.4, 0.5) is 5.69 Å². The summed E-state index contributed by atoms with van der Waals surface area (Å²) < 4.78 is 0.923. The fourth-order valence-corrected chi connectivity index (χ4v) is 1.84. The van der Waals surface area contributed by atoms with Crippen molar-refractivity contribution in [1.82, 2.24) is 0 Å². The molecule has 0 bridgehead atoms. The highest BCUT2D eigenvalue weighted by molar-refractivity contribution is 9.10. The van der Waals surface area contributed by atoms with Gasteiger partial charge in [0.15, 0.2) is 0 Å². The molecular weight excluding hydrogens is 254 g/mol. The lowest BCUT2D eigenvalue weighted by molar-refractivity contribution is 0.815. The van der Waals surface area contributed by atoms with Crippen LogP contribution in [0.5, 0.6) is 0 Å². The van der Waals surface area contributed by atoms with Crippen molar-refractivity contribution in [2.75, 3.05) is 24.5 Å². The number of nitrogens with zero attached hydrogens (tertiary/aromatic N) is 2. The minimum atomic E-state index is 0.592. The van der Waals surface area contributed by atoms with Crippen molar-refractivity contribution in [3.8, 4) is 6.07 Å². The molecule has 0 aliphatic rings. The number of benzene rings is 1. The lowest BCUT2D eigenvalue weighted by Crippen LogP contribution is -2.29. The van der Waals surface area contributed by atoms with E-state index in [4.69, 9.17) is 11.0 Å². The molecule has 0 aliphatic carbocycles. The average molecular weight is 268 g/mol. The minimum absolute atomic E-state index is 0.592. The smallest absolute Gasteiger partial charge is 0.101 e. The van der Waals surface area contributed by atoms with E-state index in [0.29, 0.717) is 12.1 Å². The number of likely N-dealkylation sites (N-methyl/N-ethyl adjacent to an activating group) is 1. The third kappa shape index (κ3) is 2.95. The lowest BCUT2D eigenvalue weighted by Gasteiger charge is -2.23. The molecule has 1 rings (SSSR count). The van der Waals surface area contributed by atoms with E-state index in [9.17, 15) is 0 Å². The Morgan fingerprint density at radius 1 is 1.53 bits per heavy atom. The van der Waals surface area contributed by atoms with Gasteiger partial charge in [-0.15, -0.1) is 0 Å². The van der Waals surface area contributed by atoms with Crippen molar-refractivity contribution >= 4 is 21.6 Å². The van der Waals surface area contributed by atoms with Gasteiger partial charge in [-0.3, -0.25) is 0 Å². The quantitative estimate of drug-likeness (QED) is 0.909. The molecule has 1 aromatic carbocycles. The predicted molar refractivity (Wildman–Crippen MR) is 65.8 cm³/mol. The first-order valence-corrected chi connectivity index (χ1v) is 5.67. The summed E-state index contributed by atoms with van der Waals surface area (Å²) in [5.74, 6) is 0. The summed E-state index contributed by atoms with van der Waals surface area (Å²) in [7, 11) is 0. The Morgan fingerprint density at radius 3 is 2.80 bits per heavy atom. The molecule has 0 heterocycles. The number of hydrogen-bond acceptors (Lipinski definition) is 3. The van der Waals surface area contributed by atoms with E-state index in [0.717, 1.165) is 23.2 Å². The number of anilines is 1. The van der Waals surface area contributed by atoms with Crippen LogP contribution in [-0.2, 0) is 0 Å². The highest BCUT2D eigenvalue weighted by Crippen LogP contribution is 2.23. The number of halogens is 1. The SMILES string of the molecule is CCN(CCN)c1ccc(Br)cc1C#N. The summed E-state index contributed by atoms with van der Waals surface area (Å²) in [6.45, 7) is 4.27. The van der Waals surface area contributed by atoms with Crippen LogP contribution in [0.25, 0.3) is 0 Å². The Balaban J connectivity index is 3.06. The first-order chi connectivity index (χ1) is 7.22. The van der Waals surface area contributed by atoms with Crippen LogP contribution >= 0.6 is 15.9 Å². The highest BCUT2D eigenvalue weighted by atomic mass is 79.9. The van der Waals surface area contributed by atoms with Gasteiger partial charge in [-0.2, -0.15) is 5.26 Å². The zero-order chi connectivity index (χ0) is 11.3. The molecule has 0 spiro atoms. The van der Waals surface area contributed by atoms with Crippen LogP contribution in [0.15, 0.2) is 22.7 Å². The summed E-state index contributed by atoms with van der Waals surface area (Å²) in [6, 6.07) is 7.91. The highest BCUT2D eigenvalue weighted by Gasteiger charge is 2.08. The van der Waals surface area contributed by atoms with Gasteiger partial charge in [-0.1, -0.05) is 15.9 Å². The van der Waals surface area contributed by atoms with E-state index in [2.05, 4.69) is 33.8 Å². The molecule has 80 valence electrons. The third-order valence-corrected chi connectivity index (χ3v) is 2.69. The van der Waals surface area contributed by atoms with Crippen molar-refractivity contribution in [1.29, 1.82) is 5.26 Å². The molecule has 2 N–H and O–H groups in total. The number of nitrogens with two attached hydrogens (primary N) is 1. The predicted octanol–water partition coefficient (Wildman–Crippen LogP) is 2.11. The van der Waals surface area contributed by atoms with Gasteiger partial charge in [0.05, 0.1) is 11.3 Å². The van der Waals surface area contributed by atoms with Crippen LogP contribution in [0, 0.1) is 11.3 Å². The monoisotopic (exact) mass is 267 g/mol. The largest absolute Gasteiger partial charge is 0.369 e. The number of hydrogen-bond donors (Lipinski definition) is 1. The number of rotatable bonds is 4.